The molecule has 0 saturated heterocycles. The van der Waals surface area contributed by atoms with Crippen LogP contribution in [0.1, 0.15) is 17.2 Å². The number of aromatic hydroxyl groups is 1. The van der Waals surface area contributed by atoms with Gasteiger partial charge in [-0.25, -0.2) is 0 Å². The number of nitro benzene ring substituents is 1. The molecule has 0 saturated carbocycles. The minimum absolute atomic E-state index is 0. The van der Waals surface area contributed by atoms with Gasteiger partial charge in [0.1, 0.15) is 17.9 Å². The fraction of sp³-hybridized carbons (Fsp3) is 0.125. The molecule has 25 heavy (non-hydrogen) atoms. The summed E-state index contributed by atoms with van der Waals surface area (Å²) in [5, 5.41) is 41.6. The predicted molar refractivity (Wildman–Crippen MR) is 82.6 cm³/mol. The van der Waals surface area contributed by atoms with Gasteiger partial charge in [0.15, 0.2) is 0 Å². The van der Waals surface area contributed by atoms with E-state index in [1.807, 2.05) is 0 Å². The molecule has 0 bridgehead atoms. The summed E-state index contributed by atoms with van der Waals surface area (Å²) in [6, 6.07) is 9.30. The van der Waals surface area contributed by atoms with Crippen LogP contribution < -0.4 is 34.7 Å². The minimum Gasteiger partial charge on any atom is -0.548 e. The zero-order valence-corrected chi connectivity index (χ0v) is 15.3. The molecule has 0 aromatic heterocycles. The molecule has 0 amide bonds. The number of aliphatic carboxylic acids is 1. The minimum atomic E-state index is -1.63. The zero-order chi connectivity index (χ0) is 17.7. The third-order valence-electron chi connectivity index (χ3n) is 3.30. The Kier molecular flexibility index (Phi) is 7.72. The molecule has 0 radical (unpaired) electrons. The molecule has 2 aromatic rings. The number of phenols is 1. The third kappa shape index (κ3) is 5.36. The van der Waals surface area contributed by atoms with Crippen LogP contribution in [0.2, 0.25) is 0 Å². The second-order valence-electron chi connectivity index (χ2n) is 4.89. The van der Waals surface area contributed by atoms with Crippen LogP contribution >= 0.6 is 0 Å². The number of aliphatic hydroxyl groups excluding tert-OH is 1. The molecule has 0 aliphatic rings. The number of hydrogen-bond donors (Lipinski definition) is 2. The van der Waals surface area contributed by atoms with Crippen molar-refractivity contribution in [3.05, 3.63) is 69.8 Å². The summed E-state index contributed by atoms with van der Waals surface area (Å²) < 4.78 is 0. The number of nitrogens with zero attached hydrogens (tertiary/aromatic N) is 2. The standard InChI is InChI=1S/C16H14N2O6.Na/c19-13-4-2-1-3-11(13)9-17-14(16(21)22)15(20)10-5-7-12(8-6-10)18(23)24;/h1-9,14-15,19-20H,(H,21,22);/q;+1/p-1. The van der Waals surface area contributed by atoms with Crippen molar-refractivity contribution in [3.8, 4) is 5.75 Å². The van der Waals surface area contributed by atoms with E-state index in [2.05, 4.69) is 4.99 Å². The van der Waals surface area contributed by atoms with E-state index in [1.54, 1.807) is 12.1 Å². The fourth-order valence-corrected chi connectivity index (χ4v) is 2.00. The van der Waals surface area contributed by atoms with E-state index in [-0.39, 0.29) is 52.1 Å². The normalized spacial score (nSPS) is 13.0. The van der Waals surface area contributed by atoms with Gasteiger partial charge < -0.3 is 20.1 Å². The summed E-state index contributed by atoms with van der Waals surface area (Å²) in [6.45, 7) is 0. The predicted octanol–water partition coefficient (Wildman–Crippen LogP) is -2.42. The molecule has 8 nitrogen and oxygen atoms in total. The van der Waals surface area contributed by atoms with E-state index in [0.717, 1.165) is 18.3 Å². The van der Waals surface area contributed by atoms with Gasteiger partial charge in [0.2, 0.25) is 0 Å². The average molecular weight is 352 g/mol. The SMILES string of the molecule is O=C([O-])C(N=Cc1ccccc1O)C(O)c1ccc([N+](=O)[O-])cc1.[Na+]. The van der Waals surface area contributed by atoms with Gasteiger partial charge in [-0.3, -0.25) is 15.1 Å². The first-order valence-electron chi connectivity index (χ1n) is 6.84. The van der Waals surface area contributed by atoms with Gasteiger partial charge >= 0.3 is 29.6 Å². The number of phenolic OH excluding ortho intramolecular Hbond substituents is 1. The number of aliphatic imine (C=N–C) groups is 1. The van der Waals surface area contributed by atoms with E-state index in [9.17, 15) is 30.2 Å². The van der Waals surface area contributed by atoms with Crippen molar-refractivity contribution >= 4 is 17.9 Å². The summed E-state index contributed by atoms with van der Waals surface area (Å²) in [6.07, 6.45) is -0.442. The molecule has 0 fully saturated rings. The van der Waals surface area contributed by atoms with E-state index >= 15 is 0 Å². The van der Waals surface area contributed by atoms with E-state index in [4.69, 9.17) is 0 Å². The van der Waals surface area contributed by atoms with Gasteiger partial charge in [-0.2, -0.15) is 0 Å². The molecule has 0 aliphatic heterocycles. The largest absolute Gasteiger partial charge is 1.00 e. The Bertz CT molecular complexity index is 778. The number of rotatable bonds is 6. The number of carbonyl (C=O) groups excluding carboxylic acids is 1. The van der Waals surface area contributed by atoms with Crippen LogP contribution in [-0.4, -0.2) is 33.4 Å². The van der Waals surface area contributed by atoms with E-state index < -0.39 is 23.0 Å². The molecule has 2 rings (SSSR count). The first-order valence-corrected chi connectivity index (χ1v) is 6.84. The molecule has 0 heterocycles. The Morgan fingerprint density at radius 2 is 1.76 bits per heavy atom. The monoisotopic (exact) mass is 352 g/mol. The van der Waals surface area contributed by atoms with Crippen molar-refractivity contribution in [1.82, 2.24) is 0 Å². The number of para-hydroxylation sites is 1. The first kappa shape index (κ1) is 20.8. The summed E-state index contributed by atoms with van der Waals surface area (Å²) in [7, 11) is 0. The van der Waals surface area contributed by atoms with Crippen LogP contribution in [0, 0.1) is 10.1 Å². The van der Waals surface area contributed by atoms with Gasteiger partial charge in [-0.1, -0.05) is 12.1 Å². The van der Waals surface area contributed by atoms with Crippen molar-refractivity contribution in [3.63, 3.8) is 0 Å². The molecule has 2 aromatic carbocycles. The van der Waals surface area contributed by atoms with Crippen LogP contribution in [0.25, 0.3) is 0 Å². The van der Waals surface area contributed by atoms with Gasteiger partial charge in [0.05, 0.1) is 10.9 Å². The maximum absolute atomic E-state index is 11.2. The number of carboxylic acid groups (broad SMARTS) is 1. The number of carboxylic acids is 1. The van der Waals surface area contributed by atoms with Gasteiger partial charge in [-0.15, -0.1) is 0 Å². The number of hydrogen-bond acceptors (Lipinski definition) is 7. The quantitative estimate of drug-likeness (QED) is 0.257. The molecular formula is C16H13N2NaO6. The van der Waals surface area contributed by atoms with Gasteiger partial charge in [0.25, 0.3) is 5.69 Å². The molecule has 124 valence electrons. The Morgan fingerprint density at radius 3 is 2.28 bits per heavy atom. The van der Waals surface area contributed by atoms with Gasteiger partial charge in [-0.05, 0) is 29.8 Å². The Morgan fingerprint density at radius 1 is 1.16 bits per heavy atom. The molecular weight excluding hydrogens is 339 g/mol. The smallest absolute Gasteiger partial charge is 0.548 e. The topological polar surface area (TPSA) is 136 Å². The number of non-ortho nitro benzene ring substituents is 1. The van der Waals surface area contributed by atoms with Gasteiger partial charge in [0, 0.05) is 23.9 Å². The Hall–Kier alpha value is -2.26. The summed E-state index contributed by atoms with van der Waals surface area (Å²) in [5.41, 5.74) is 0.234. The molecule has 9 heteroatoms. The van der Waals surface area contributed by atoms with Crippen LogP contribution in [0.4, 0.5) is 5.69 Å². The second-order valence-corrected chi connectivity index (χ2v) is 4.89. The van der Waals surface area contributed by atoms with Crippen LogP contribution in [-0.2, 0) is 4.79 Å². The van der Waals surface area contributed by atoms with Crippen molar-refractivity contribution < 1.29 is 54.6 Å². The molecule has 2 N–H and O–H groups in total. The number of nitro groups is 1. The zero-order valence-electron chi connectivity index (χ0n) is 13.3. The maximum atomic E-state index is 11.2. The Balaban J connectivity index is 0.00000312. The van der Waals surface area contributed by atoms with Crippen molar-refractivity contribution in [2.75, 3.05) is 0 Å². The van der Waals surface area contributed by atoms with Crippen molar-refractivity contribution in [2.45, 2.75) is 12.1 Å². The van der Waals surface area contributed by atoms with Crippen LogP contribution in [0.5, 0.6) is 5.75 Å². The summed E-state index contributed by atoms with van der Waals surface area (Å²) >= 11 is 0. The van der Waals surface area contributed by atoms with Crippen molar-refractivity contribution in [2.24, 2.45) is 4.99 Å². The fourth-order valence-electron chi connectivity index (χ4n) is 2.00. The molecule has 0 spiro atoms. The molecule has 2 atom stereocenters. The summed E-state index contributed by atoms with van der Waals surface area (Å²) in [4.78, 5) is 25.0. The number of benzene rings is 2. The molecule has 0 aliphatic carbocycles. The number of aliphatic hydroxyl groups is 1. The second kappa shape index (κ2) is 9.28. The molecule has 2 unspecified atom stereocenters. The first-order chi connectivity index (χ1) is 11.4. The van der Waals surface area contributed by atoms with E-state index in [0.29, 0.717) is 0 Å². The third-order valence-corrected chi connectivity index (χ3v) is 3.30. The average Bonchev–Trinajstić information content (AvgIpc) is 2.56. The van der Waals surface area contributed by atoms with E-state index in [1.165, 1.54) is 24.3 Å². The van der Waals surface area contributed by atoms with Crippen LogP contribution in [0.15, 0.2) is 53.5 Å². The summed E-state index contributed by atoms with van der Waals surface area (Å²) in [5.74, 6) is -1.71. The number of carbonyl (C=O) groups is 1. The maximum Gasteiger partial charge on any atom is 1.00 e. The Labute approximate surface area is 164 Å². The van der Waals surface area contributed by atoms with Crippen LogP contribution in [0.3, 0.4) is 0 Å². The van der Waals surface area contributed by atoms with Crippen molar-refractivity contribution in [1.29, 1.82) is 0 Å².